The zero-order valence-corrected chi connectivity index (χ0v) is 20.2. The van der Waals surface area contributed by atoms with E-state index in [4.69, 9.17) is 9.47 Å². The minimum atomic E-state index is 0.0495. The van der Waals surface area contributed by atoms with Gasteiger partial charge in [0.2, 0.25) is 0 Å². The summed E-state index contributed by atoms with van der Waals surface area (Å²) in [5, 5.41) is 0. The molecule has 2 nitrogen and oxygen atoms in total. The molecule has 1 fully saturated rings. The van der Waals surface area contributed by atoms with E-state index in [9.17, 15) is 0 Å². The Morgan fingerprint density at radius 3 is 2.24 bits per heavy atom. The molecule has 2 aromatic carbocycles. The molecule has 2 aromatic rings. The van der Waals surface area contributed by atoms with Gasteiger partial charge in [-0.1, -0.05) is 74.0 Å². The minimum absolute atomic E-state index is 0.0495. The second-order valence-electron chi connectivity index (χ2n) is 8.77. The van der Waals surface area contributed by atoms with Crippen molar-refractivity contribution >= 4 is 15.9 Å². The number of halogens is 1. The summed E-state index contributed by atoms with van der Waals surface area (Å²) in [6.07, 6.45) is 1.45. The van der Waals surface area contributed by atoms with Gasteiger partial charge in [-0.3, -0.25) is 0 Å². The first-order chi connectivity index (χ1) is 13.8. The Balaban J connectivity index is 1.90. The molecule has 1 aliphatic heterocycles. The van der Waals surface area contributed by atoms with Crippen molar-refractivity contribution in [2.45, 2.75) is 78.8 Å². The quantitative estimate of drug-likeness (QED) is 0.455. The van der Waals surface area contributed by atoms with E-state index in [1.54, 1.807) is 0 Å². The highest BCUT2D eigenvalue weighted by molar-refractivity contribution is 9.10. The van der Waals surface area contributed by atoms with Crippen molar-refractivity contribution in [2.24, 2.45) is 11.8 Å². The smallest absolute Gasteiger partial charge is 0.0909 e. The van der Waals surface area contributed by atoms with E-state index in [0.717, 1.165) is 10.9 Å². The van der Waals surface area contributed by atoms with Crippen LogP contribution in [0, 0.1) is 25.7 Å². The molecule has 0 aromatic heterocycles. The first-order valence-corrected chi connectivity index (χ1v) is 11.7. The van der Waals surface area contributed by atoms with Gasteiger partial charge in [0.15, 0.2) is 0 Å². The molecule has 0 aliphatic carbocycles. The van der Waals surface area contributed by atoms with Crippen LogP contribution in [0.3, 0.4) is 0 Å². The fourth-order valence-corrected chi connectivity index (χ4v) is 5.71. The third-order valence-electron chi connectivity index (χ3n) is 6.78. The van der Waals surface area contributed by atoms with E-state index in [2.05, 4.69) is 93.9 Å². The number of ether oxygens (including phenoxy) is 2. The standard InChI is InChI=1S/C26H35BrO2/c1-7-23-18(4)19(5)25(28-15-21-11-9-8-10-12-21)26(29-23)20(6)24-16(2)13-22(27)14-17(24)3/h8-14,18-20,23,25-26H,7,15H2,1-6H3/t18-,19-,20+,23?,25?,26+/m0/s1. The zero-order valence-electron chi connectivity index (χ0n) is 18.6. The minimum Gasteiger partial charge on any atom is -0.371 e. The Labute approximate surface area is 185 Å². The van der Waals surface area contributed by atoms with Gasteiger partial charge < -0.3 is 9.47 Å². The van der Waals surface area contributed by atoms with Gasteiger partial charge in [-0.05, 0) is 66.5 Å². The molecule has 1 aliphatic rings. The van der Waals surface area contributed by atoms with E-state index >= 15 is 0 Å². The van der Waals surface area contributed by atoms with Crippen LogP contribution in [0.5, 0.6) is 0 Å². The molecule has 0 saturated carbocycles. The number of aryl methyl sites for hydroxylation is 2. The van der Waals surface area contributed by atoms with Crippen LogP contribution in [0.25, 0.3) is 0 Å². The second kappa shape index (κ2) is 9.76. The average molecular weight is 459 g/mol. The maximum Gasteiger partial charge on any atom is 0.0909 e. The molecule has 2 unspecified atom stereocenters. The highest BCUT2D eigenvalue weighted by atomic mass is 79.9. The summed E-state index contributed by atoms with van der Waals surface area (Å²) in [6, 6.07) is 14.9. The number of benzene rings is 2. The third kappa shape index (κ3) is 4.95. The van der Waals surface area contributed by atoms with Crippen molar-refractivity contribution in [3.63, 3.8) is 0 Å². The second-order valence-corrected chi connectivity index (χ2v) is 9.68. The maximum atomic E-state index is 6.74. The van der Waals surface area contributed by atoms with E-state index in [1.165, 1.54) is 22.3 Å². The number of hydrogen-bond acceptors (Lipinski definition) is 2. The monoisotopic (exact) mass is 458 g/mol. The maximum absolute atomic E-state index is 6.74. The Kier molecular flexibility index (Phi) is 7.58. The fraction of sp³-hybridized carbons (Fsp3) is 0.538. The Morgan fingerprint density at radius 2 is 1.66 bits per heavy atom. The predicted molar refractivity (Wildman–Crippen MR) is 124 cm³/mol. The summed E-state index contributed by atoms with van der Waals surface area (Å²) in [6.45, 7) is 14.2. The lowest BCUT2D eigenvalue weighted by Crippen LogP contribution is -2.52. The molecule has 0 amide bonds. The lowest BCUT2D eigenvalue weighted by molar-refractivity contribution is -0.197. The van der Waals surface area contributed by atoms with Crippen LogP contribution in [0.4, 0.5) is 0 Å². The summed E-state index contributed by atoms with van der Waals surface area (Å²) in [5.41, 5.74) is 5.23. The summed E-state index contributed by atoms with van der Waals surface area (Å²) >= 11 is 3.64. The first kappa shape index (κ1) is 22.5. The molecule has 1 saturated heterocycles. The summed E-state index contributed by atoms with van der Waals surface area (Å²) in [5.74, 6) is 1.20. The van der Waals surface area contributed by atoms with Gasteiger partial charge in [0, 0.05) is 10.4 Å². The van der Waals surface area contributed by atoms with E-state index in [1.807, 2.05) is 6.07 Å². The molecule has 3 heteroatoms. The van der Waals surface area contributed by atoms with Crippen molar-refractivity contribution in [2.75, 3.05) is 0 Å². The molecule has 158 valence electrons. The largest absolute Gasteiger partial charge is 0.371 e. The van der Waals surface area contributed by atoms with Crippen molar-refractivity contribution < 1.29 is 9.47 Å². The van der Waals surface area contributed by atoms with Gasteiger partial charge in [-0.25, -0.2) is 0 Å². The average Bonchev–Trinajstić information content (AvgIpc) is 2.69. The molecular weight excluding hydrogens is 424 g/mol. The molecule has 0 radical (unpaired) electrons. The van der Waals surface area contributed by atoms with Gasteiger partial charge in [0.25, 0.3) is 0 Å². The van der Waals surface area contributed by atoms with Crippen LogP contribution >= 0.6 is 15.9 Å². The number of rotatable bonds is 6. The van der Waals surface area contributed by atoms with Gasteiger partial charge in [0.05, 0.1) is 24.9 Å². The summed E-state index contributed by atoms with van der Waals surface area (Å²) in [7, 11) is 0. The van der Waals surface area contributed by atoms with Crippen molar-refractivity contribution in [3.8, 4) is 0 Å². The van der Waals surface area contributed by atoms with E-state index in [-0.39, 0.29) is 24.2 Å². The first-order valence-electron chi connectivity index (χ1n) is 10.9. The van der Waals surface area contributed by atoms with Crippen LogP contribution in [-0.4, -0.2) is 18.3 Å². The molecule has 6 atom stereocenters. The van der Waals surface area contributed by atoms with Crippen LogP contribution in [0.1, 0.15) is 62.3 Å². The third-order valence-corrected chi connectivity index (χ3v) is 7.24. The molecular formula is C26H35BrO2. The van der Waals surface area contributed by atoms with Crippen molar-refractivity contribution in [3.05, 3.63) is 69.2 Å². The predicted octanol–water partition coefficient (Wildman–Crippen LogP) is 7.20. The van der Waals surface area contributed by atoms with Crippen LogP contribution in [0.2, 0.25) is 0 Å². The Hall–Kier alpha value is -1.16. The highest BCUT2D eigenvalue weighted by Crippen LogP contribution is 2.41. The van der Waals surface area contributed by atoms with Crippen LogP contribution in [-0.2, 0) is 16.1 Å². The van der Waals surface area contributed by atoms with Crippen molar-refractivity contribution in [1.29, 1.82) is 0 Å². The van der Waals surface area contributed by atoms with Crippen molar-refractivity contribution in [1.82, 2.24) is 0 Å². The van der Waals surface area contributed by atoms with Gasteiger partial charge in [0.1, 0.15) is 0 Å². The highest BCUT2D eigenvalue weighted by Gasteiger charge is 2.44. The topological polar surface area (TPSA) is 18.5 Å². The van der Waals surface area contributed by atoms with Crippen LogP contribution < -0.4 is 0 Å². The zero-order chi connectivity index (χ0) is 21.1. The Morgan fingerprint density at radius 1 is 1.03 bits per heavy atom. The molecule has 3 rings (SSSR count). The molecule has 1 heterocycles. The Bertz CT molecular complexity index is 781. The van der Waals surface area contributed by atoms with Gasteiger partial charge in [-0.15, -0.1) is 0 Å². The van der Waals surface area contributed by atoms with E-state index in [0.29, 0.717) is 18.4 Å². The normalized spacial score (nSPS) is 28.3. The summed E-state index contributed by atoms with van der Waals surface area (Å²) < 4.78 is 14.4. The molecule has 0 N–H and O–H groups in total. The fourth-order valence-electron chi connectivity index (χ4n) is 5.03. The lowest BCUT2D eigenvalue weighted by Gasteiger charge is -2.47. The molecule has 0 spiro atoms. The summed E-state index contributed by atoms with van der Waals surface area (Å²) in [4.78, 5) is 0. The van der Waals surface area contributed by atoms with Gasteiger partial charge in [-0.2, -0.15) is 0 Å². The molecule has 29 heavy (non-hydrogen) atoms. The lowest BCUT2D eigenvalue weighted by atomic mass is 9.75. The number of hydrogen-bond donors (Lipinski definition) is 0. The molecule has 0 bridgehead atoms. The SMILES string of the molecule is CCC1O[C@H]([C@H](C)c2c(C)cc(Br)cc2C)C(OCc2ccccc2)[C@@H](C)[C@@H]1C. The van der Waals surface area contributed by atoms with Gasteiger partial charge >= 0.3 is 0 Å². The van der Waals surface area contributed by atoms with Crippen LogP contribution in [0.15, 0.2) is 46.9 Å². The van der Waals surface area contributed by atoms with E-state index < -0.39 is 0 Å².